The van der Waals surface area contributed by atoms with Gasteiger partial charge in [-0.05, 0) is 24.3 Å². The molecule has 1 aromatic carbocycles. The van der Waals surface area contributed by atoms with Crippen molar-refractivity contribution in [1.82, 2.24) is 4.90 Å². The van der Waals surface area contributed by atoms with Crippen LogP contribution in [0, 0.1) is 0 Å². The van der Waals surface area contributed by atoms with Crippen molar-refractivity contribution >= 4 is 23.4 Å². The Morgan fingerprint density at radius 3 is 2.32 bits per heavy atom. The fourth-order valence-corrected chi connectivity index (χ4v) is 2.03. The predicted molar refractivity (Wildman–Crippen MR) is 72.3 cm³/mol. The smallest absolute Gasteiger partial charge is 0.387 e. The summed E-state index contributed by atoms with van der Waals surface area (Å²) in [5, 5.41) is 2.54. The number of hydrogen-bond donors (Lipinski definition) is 1. The van der Waals surface area contributed by atoms with Crippen LogP contribution in [0.5, 0.6) is 5.75 Å². The van der Waals surface area contributed by atoms with E-state index in [9.17, 15) is 23.2 Å². The Labute approximate surface area is 125 Å². The maximum absolute atomic E-state index is 12.0. The third-order valence-corrected chi connectivity index (χ3v) is 3.08. The number of carbonyl (C=O) groups excluding carboxylic acids is 3. The molecule has 1 aromatic rings. The average Bonchev–Trinajstić information content (AvgIpc) is 2.77. The lowest BCUT2D eigenvalue weighted by atomic mass is 10.3. The van der Waals surface area contributed by atoms with E-state index in [0.717, 1.165) is 4.90 Å². The summed E-state index contributed by atoms with van der Waals surface area (Å²) in [7, 11) is 0. The first-order chi connectivity index (χ1) is 10.5. The standard InChI is InChI=1S/C14H14F2N2O4/c15-14(16)22-10-3-1-9(2-4-10)17-11(19)7-8-18-12(20)5-6-13(18)21/h1-4,14H,5-8H2,(H,17,19). The lowest BCUT2D eigenvalue weighted by molar-refractivity contribution is -0.138. The first-order valence-corrected chi connectivity index (χ1v) is 6.63. The van der Waals surface area contributed by atoms with E-state index in [-0.39, 0.29) is 49.3 Å². The number of hydrogen-bond acceptors (Lipinski definition) is 4. The van der Waals surface area contributed by atoms with Gasteiger partial charge < -0.3 is 10.1 Å². The molecule has 0 aliphatic carbocycles. The minimum absolute atomic E-state index is 0.0127. The molecular formula is C14H14F2N2O4. The number of amides is 3. The van der Waals surface area contributed by atoms with Gasteiger partial charge in [-0.25, -0.2) is 0 Å². The van der Waals surface area contributed by atoms with Crippen molar-refractivity contribution in [3.05, 3.63) is 24.3 Å². The Kier molecular flexibility index (Phi) is 5.03. The molecule has 8 heteroatoms. The molecule has 1 N–H and O–H groups in total. The average molecular weight is 312 g/mol. The number of alkyl halides is 2. The van der Waals surface area contributed by atoms with Crippen LogP contribution in [0.15, 0.2) is 24.3 Å². The summed E-state index contributed by atoms with van der Waals surface area (Å²) in [5.74, 6) is -0.936. The van der Waals surface area contributed by atoms with Crippen LogP contribution in [0.3, 0.4) is 0 Å². The van der Waals surface area contributed by atoms with Gasteiger partial charge in [0.15, 0.2) is 0 Å². The maximum atomic E-state index is 12.0. The van der Waals surface area contributed by atoms with Crippen LogP contribution in [-0.2, 0) is 14.4 Å². The highest BCUT2D eigenvalue weighted by atomic mass is 19.3. The topological polar surface area (TPSA) is 75.7 Å². The Bertz CT molecular complexity index is 559. The van der Waals surface area contributed by atoms with E-state index >= 15 is 0 Å². The van der Waals surface area contributed by atoms with Crippen molar-refractivity contribution in [2.45, 2.75) is 25.9 Å². The molecule has 0 spiro atoms. The van der Waals surface area contributed by atoms with Crippen LogP contribution in [0.2, 0.25) is 0 Å². The highest BCUT2D eigenvalue weighted by Gasteiger charge is 2.28. The molecule has 0 unspecified atom stereocenters. The fraction of sp³-hybridized carbons (Fsp3) is 0.357. The second-order valence-electron chi connectivity index (χ2n) is 4.64. The molecule has 0 atom stereocenters. The largest absolute Gasteiger partial charge is 0.435 e. The van der Waals surface area contributed by atoms with Gasteiger partial charge in [0.2, 0.25) is 17.7 Å². The van der Waals surface area contributed by atoms with Gasteiger partial charge in [-0.1, -0.05) is 0 Å². The van der Waals surface area contributed by atoms with E-state index in [4.69, 9.17) is 0 Å². The van der Waals surface area contributed by atoms with E-state index in [0.29, 0.717) is 5.69 Å². The number of nitrogens with zero attached hydrogens (tertiary/aromatic N) is 1. The van der Waals surface area contributed by atoms with Crippen molar-refractivity contribution < 1.29 is 27.9 Å². The van der Waals surface area contributed by atoms with E-state index in [1.54, 1.807) is 0 Å². The second kappa shape index (κ2) is 6.97. The molecule has 0 radical (unpaired) electrons. The molecule has 22 heavy (non-hydrogen) atoms. The molecule has 3 amide bonds. The van der Waals surface area contributed by atoms with Crippen LogP contribution in [0.4, 0.5) is 14.5 Å². The van der Waals surface area contributed by atoms with Gasteiger partial charge >= 0.3 is 6.61 Å². The zero-order valence-electron chi connectivity index (χ0n) is 11.6. The third-order valence-electron chi connectivity index (χ3n) is 3.08. The van der Waals surface area contributed by atoms with Gasteiger partial charge in [-0.3, -0.25) is 19.3 Å². The van der Waals surface area contributed by atoms with E-state index in [1.807, 2.05) is 0 Å². The number of carbonyl (C=O) groups is 3. The van der Waals surface area contributed by atoms with Crippen molar-refractivity contribution in [1.29, 1.82) is 0 Å². The van der Waals surface area contributed by atoms with Gasteiger partial charge in [-0.15, -0.1) is 0 Å². The third kappa shape index (κ3) is 4.24. The van der Waals surface area contributed by atoms with Gasteiger partial charge in [0.25, 0.3) is 0 Å². The lowest BCUT2D eigenvalue weighted by Crippen LogP contribution is -2.32. The molecular weight excluding hydrogens is 298 g/mol. The van der Waals surface area contributed by atoms with Gasteiger partial charge in [0.1, 0.15) is 5.75 Å². The van der Waals surface area contributed by atoms with E-state index < -0.39 is 6.61 Å². The molecule has 1 aliphatic rings. The van der Waals surface area contributed by atoms with Crippen molar-refractivity contribution in [2.24, 2.45) is 0 Å². The van der Waals surface area contributed by atoms with Crippen LogP contribution in [0.1, 0.15) is 19.3 Å². The number of benzene rings is 1. The minimum Gasteiger partial charge on any atom is -0.435 e. The quantitative estimate of drug-likeness (QED) is 0.812. The molecule has 1 saturated heterocycles. The summed E-state index contributed by atoms with van der Waals surface area (Å²) in [6.45, 7) is -2.87. The number of rotatable bonds is 6. The summed E-state index contributed by atoms with van der Waals surface area (Å²) in [6.07, 6.45) is 0.352. The summed E-state index contributed by atoms with van der Waals surface area (Å²) in [6, 6.07) is 5.44. The van der Waals surface area contributed by atoms with Crippen LogP contribution in [-0.4, -0.2) is 35.8 Å². The van der Waals surface area contributed by atoms with Crippen molar-refractivity contribution in [3.8, 4) is 5.75 Å². The summed E-state index contributed by atoms with van der Waals surface area (Å²) < 4.78 is 28.2. The predicted octanol–water partition coefficient (Wildman–Crippen LogP) is 1.77. The molecule has 2 rings (SSSR count). The number of ether oxygens (including phenoxy) is 1. The van der Waals surface area contributed by atoms with Crippen molar-refractivity contribution in [2.75, 3.05) is 11.9 Å². The summed E-state index contributed by atoms with van der Waals surface area (Å²) in [5.41, 5.74) is 0.408. The van der Waals surface area contributed by atoms with Crippen LogP contribution >= 0.6 is 0 Å². The molecule has 0 bridgehead atoms. The van der Waals surface area contributed by atoms with E-state index in [2.05, 4.69) is 10.1 Å². The highest BCUT2D eigenvalue weighted by Crippen LogP contribution is 2.18. The van der Waals surface area contributed by atoms with Gasteiger partial charge in [0, 0.05) is 31.5 Å². The number of anilines is 1. The van der Waals surface area contributed by atoms with Gasteiger partial charge in [-0.2, -0.15) is 8.78 Å². The van der Waals surface area contributed by atoms with Crippen LogP contribution in [0.25, 0.3) is 0 Å². The highest BCUT2D eigenvalue weighted by molar-refractivity contribution is 6.02. The number of likely N-dealkylation sites (tertiary alicyclic amines) is 1. The molecule has 0 saturated carbocycles. The number of halogens is 2. The Morgan fingerprint density at radius 2 is 1.77 bits per heavy atom. The first-order valence-electron chi connectivity index (χ1n) is 6.63. The molecule has 1 aliphatic heterocycles. The number of nitrogens with one attached hydrogen (secondary N) is 1. The van der Waals surface area contributed by atoms with Gasteiger partial charge in [0.05, 0.1) is 0 Å². The zero-order chi connectivity index (χ0) is 16.1. The molecule has 1 fully saturated rings. The molecule has 1 heterocycles. The normalized spacial score (nSPS) is 14.6. The molecule has 0 aromatic heterocycles. The summed E-state index contributed by atoms with van der Waals surface area (Å²) in [4.78, 5) is 35.6. The summed E-state index contributed by atoms with van der Waals surface area (Å²) >= 11 is 0. The SMILES string of the molecule is O=C(CCN1C(=O)CCC1=O)Nc1ccc(OC(F)F)cc1. The number of imide groups is 1. The Morgan fingerprint density at radius 1 is 1.18 bits per heavy atom. The second-order valence-corrected chi connectivity index (χ2v) is 4.64. The monoisotopic (exact) mass is 312 g/mol. The lowest BCUT2D eigenvalue weighted by Gasteiger charge is -2.13. The Balaban J connectivity index is 1.81. The maximum Gasteiger partial charge on any atom is 0.387 e. The Hall–Kier alpha value is -2.51. The first kappa shape index (κ1) is 15.9. The minimum atomic E-state index is -2.91. The molecule has 118 valence electrons. The van der Waals surface area contributed by atoms with Crippen LogP contribution < -0.4 is 10.1 Å². The molecule has 6 nitrogen and oxygen atoms in total. The van der Waals surface area contributed by atoms with E-state index in [1.165, 1.54) is 24.3 Å². The van der Waals surface area contributed by atoms with Crippen molar-refractivity contribution in [3.63, 3.8) is 0 Å². The fourth-order valence-electron chi connectivity index (χ4n) is 2.03. The zero-order valence-corrected chi connectivity index (χ0v) is 11.6.